The zero-order chi connectivity index (χ0) is 11.8. The van der Waals surface area contributed by atoms with Gasteiger partial charge in [-0.15, -0.1) is 11.3 Å². The molecule has 1 aromatic rings. The fourth-order valence-electron chi connectivity index (χ4n) is 1.90. The molecule has 1 unspecified atom stereocenters. The highest BCUT2D eigenvalue weighted by Gasteiger charge is 2.37. The largest absolute Gasteiger partial charge is 0.306 e. The van der Waals surface area contributed by atoms with E-state index in [1.54, 1.807) is 11.3 Å². The summed E-state index contributed by atoms with van der Waals surface area (Å²) in [5.74, 6) is 0.567. The summed E-state index contributed by atoms with van der Waals surface area (Å²) in [5.41, 5.74) is -0.255. The second-order valence-corrected chi connectivity index (χ2v) is 9.19. The summed E-state index contributed by atoms with van der Waals surface area (Å²) >= 11 is 5.09. The van der Waals surface area contributed by atoms with Gasteiger partial charge in [0.15, 0.2) is 9.84 Å². The van der Waals surface area contributed by atoms with E-state index < -0.39 is 9.84 Å². The Morgan fingerprint density at radius 1 is 1.56 bits per heavy atom. The van der Waals surface area contributed by atoms with Crippen molar-refractivity contribution in [1.82, 2.24) is 5.32 Å². The van der Waals surface area contributed by atoms with E-state index in [9.17, 15) is 8.42 Å². The van der Waals surface area contributed by atoms with E-state index in [2.05, 4.69) is 27.3 Å². The van der Waals surface area contributed by atoms with Gasteiger partial charge in [-0.3, -0.25) is 0 Å². The van der Waals surface area contributed by atoms with Crippen molar-refractivity contribution in [2.75, 3.05) is 11.5 Å². The van der Waals surface area contributed by atoms with Crippen LogP contribution in [0.5, 0.6) is 0 Å². The summed E-state index contributed by atoms with van der Waals surface area (Å²) in [6.07, 6.45) is 0.710. The number of thiophene rings is 1. The molecule has 1 fully saturated rings. The zero-order valence-corrected chi connectivity index (χ0v) is 12.2. The van der Waals surface area contributed by atoms with Crippen LogP contribution in [0.4, 0.5) is 0 Å². The molecular formula is C10H14BrNO2S2. The molecule has 3 nitrogen and oxygen atoms in total. The molecule has 0 saturated carbocycles. The highest BCUT2D eigenvalue weighted by atomic mass is 79.9. The van der Waals surface area contributed by atoms with Crippen molar-refractivity contribution in [2.45, 2.75) is 25.4 Å². The van der Waals surface area contributed by atoms with Crippen molar-refractivity contribution in [3.05, 3.63) is 20.8 Å². The number of hydrogen-bond donors (Lipinski definition) is 1. The summed E-state index contributed by atoms with van der Waals surface area (Å²) < 4.78 is 23.9. The predicted octanol–water partition coefficient (Wildman–Crippen LogP) is 2.18. The van der Waals surface area contributed by atoms with E-state index in [0.29, 0.717) is 12.2 Å². The van der Waals surface area contributed by atoms with Crippen LogP contribution in [-0.2, 0) is 16.4 Å². The monoisotopic (exact) mass is 323 g/mol. The number of nitrogens with one attached hydrogen (secondary N) is 1. The molecule has 0 spiro atoms. The van der Waals surface area contributed by atoms with Gasteiger partial charge in [0.05, 0.1) is 15.3 Å². The summed E-state index contributed by atoms with van der Waals surface area (Å²) in [7, 11) is -2.82. The van der Waals surface area contributed by atoms with E-state index in [-0.39, 0.29) is 11.3 Å². The van der Waals surface area contributed by atoms with E-state index >= 15 is 0 Å². The van der Waals surface area contributed by atoms with Crippen LogP contribution in [0.1, 0.15) is 18.2 Å². The van der Waals surface area contributed by atoms with Crippen LogP contribution >= 0.6 is 27.3 Å². The minimum absolute atomic E-state index is 0.255. The Hall–Kier alpha value is 0.0900. The standard InChI is InChI=1S/C10H14BrNO2S2/c1-10(4-5-16(13,14)7-10)12-6-8-2-3-9(11)15-8/h2-3,12H,4-7H2,1H3. The van der Waals surface area contributed by atoms with Gasteiger partial charge in [0.25, 0.3) is 0 Å². The van der Waals surface area contributed by atoms with Gasteiger partial charge in [-0.1, -0.05) is 0 Å². The van der Waals surface area contributed by atoms with Gasteiger partial charge in [0, 0.05) is 17.0 Å². The Kier molecular flexibility index (Phi) is 3.45. The molecule has 2 heterocycles. The highest BCUT2D eigenvalue weighted by Crippen LogP contribution is 2.26. The van der Waals surface area contributed by atoms with Crippen LogP contribution in [0.2, 0.25) is 0 Å². The van der Waals surface area contributed by atoms with E-state index in [0.717, 1.165) is 10.3 Å². The molecule has 0 aliphatic carbocycles. The molecule has 0 amide bonds. The second kappa shape index (κ2) is 4.40. The van der Waals surface area contributed by atoms with Crippen LogP contribution in [0.15, 0.2) is 15.9 Å². The van der Waals surface area contributed by atoms with Crippen molar-refractivity contribution >= 4 is 37.1 Å². The Morgan fingerprint density at radius 3 is 2.81 bits per heavy atom. The van der Waals surface area contributed by atoms with Crippen LogP contribution < -0.4 is 5.32 Å². The average molecular weight is 324 g/mol. The van der Waals surface area contributed by atoms with Gasteiger partial charge in [0.1, 0.15) is 0 Å². The van der Waals surface area contributed by atoms with Crippen LogP contribution in [-0.4, -0.2) is 25.5 Å². The van der Waals surface area contributed by atoms with Gasteiger partial charge in [0.2, 0.25) is 0 Å². The zero-order valence-electron chi connectivity index (χ0n) is 8.99. The van der Waals surface area contributed by atoms with Crippen LogP contribution in [0.25, 0.3) is 0 Å². The van der Waals surface area contributed by atoms with E-state index in [1.165, 1.54) is 4.88 Å². The van der Waals surface area contributed by atoms with Crippen LogP contribution in [0.3, 0.4) is 0 Å². The SMILES string of the molecule is CC1(NCc2ccc(Br)s2)CCS(=O)(=O)C1. The summed E-state index contributed by atoms with van der Waals surface area (Å²) in [6, 6.07) is 4.06. The lowest BCUT2D eigenvalue weighted by Crippen LogP contribution is -2.42. The van der Waals surface area contributed by atoms with Gasteiger partial charge in [-0.05, 0) is 41.4 Å². The molecule has 16 heavy (non-hydrogen) atoms. The lowest BCUT2D eigenvalue weighted by atomic mass is 10.0. The summed E-state index contributed by atoms with van der Waals surface area (Å²) in [5, 5.41) is 3.35. The van der Waals surface area contributed by atoms with E-state index in [4.69, 9.17) is 0 Å². The van der Waals surface area contributed by atoms with Crippen molar-refractivity contribution in [1.29, 1.82) is 0 Å². The first-order valence-electron chi connectivity index (χ1n) is 5.08. The third-order valence-electron chi connectivity index (χ3n) is 2.82. The first kappa shape index (κ1) is 12.5. The third-order valence-corrected chi connectivity index (χ3v) is 6.35. The molecule has 1 aliphatic rings. The maximum atomic E-state index is 11.4. The lowest BCUT2D eigenvalue weighted by Gasteiger charge is -2.23. The predicted molar refractivity (Wildman–Crippen MR) is 70.5 cm³/mol. The maximum absolute atomic E-state index is 11.4. The maximum Gasteiger partial charge on any atom is 0.152 e. The average Bonchev–Trinajstić information content (AvgIpc) is 2.69. The molecule has 2 rings (SSSR count). The molecule has 0 radical (unpaired) electrons. The Balaban J connectivity index is 1.96. The van der Waals surface area contributed by atoms with Gasteiger partial charge in [-0.25, -0.2) is 8.42 Å². The first-order chi connectivity index (χ1) is 7.39. The molecule has 1 atom stereocenters. The summed E-state index contributed by atoms with van der Waals surface area (Å²) in [4.78, 5) is 1.22. The number of hydrogen-bond acceptors (Lipinski definition) is 4. The van der Waals surface area contributed by atoms with Crippen molar-refractivity contribution in [2.24, 2.45) is 0 Å². The topological polar surface area (TPSA) is 46.2 Å². The smallest absolute Gasteiger partial charge is 0.152 e. The van der Waals surface area contributed by atoms with Gasteiger partial charge in [-0.2, -0.15) is 0 Å². The molecule has 0 aromatic carbocycles. The fourth-order valence-corrected chi connectivity index (χ4v) is 5.44. The van der Waals surface area contributed by atoms with Crippen LogP contribution in [0, 0.1) is 0 Å². The summed E-state index contributed by atoms with van der Waals surface area (Å²) in [6.45, 7) is 2.72. The molecule has 0 bridgehead atoms. The Morgan fingerprint density at radius 2 is 2.31 bits per heavy atom. The molecule has 90 valence electrons. The molecule has 1 aliphatic heterocycles. The number of halogens is 1. The quantitative estimate of drug-likeness (QED) is 0.927. The van der Waals surface area contributed by atoms with Gasteiger partial charge < -0.3 is 5.32 Å². The van der Waals surface area contributed by atoms with Gasteiger partial charge >= 0.3 is 0 Å². The molecule has 1 N–H and O–H groups in total. The van der Waals surface area contributed by atoms with Crippen molar-refractivity contribution in [3.63, 3.8) is 0 Å². The minimum Gasteiger partial charge on any atom is -0.306 e. The Labute approximate surface area is 108 Å². The fraction of sp³-hybridized carbons (Fsp3) is 0.600. The molecule has 1 aromatic heterocycles. The molecular weight excluding hydrogens is 310 g/mol. The third kappa shape index (κ3) is 3.06. The molecule has 6 heteroatoms. The number of sulfone groups is 1. The lowest BCUT2D eigenvalue weighted by molar-refractivity contribution is 0.397. The van der Waals surface area contributed by atoms with Crippen molar-refractivity contribution in [3.8, 4) is 0 Å². The second-order valence-electron chi connectivity index (χ2n) is 4.46. The van der Waals surface area contributed by atoms with E-state index in [1.807, 2.05) is 13.0 Å². The number of rotatable bonds is 3. The first-order valence-corrected chi connectivity index (χ1v) is 8.51. The van der Waals surface area contributed by atoms with Crippen molar-refractivity contribution < 1.29 is 8.42 Å². The minimum atomic E-state index is -2.82. The molecule has 1 saturated heterocycles. The Bertz CT molecular complexity index is 483. The highest BCUT2D eigenvalue weighted by molar-refractivity contribution is 9.11. The normalized spacial score (nSPS) is 28.4.